The van der Waals surface area contributed by atoms with Crippen molar-refractivity contribution in [2.45, 2.75) is 40.2 Å². The second kappa shape index (κ2) is 14.1. The Balaban J connectivity index is 1.40. The molecule has 0 saturated carbocycles. The van der Waals surface area contributed by atoms with Crippen LogP contribution in [-0.2, 0) is 14.3 Å². The van der Waals surface area contributed by atoms with Crippen molar-refractivity contribution in [3.63, 3.8) is 0 Å². The highest BCUT2D eigenvalue weighted by atomic mass is 16.6. The molecule has 3 aromatic rings. The summed E-state index contributed by atoms with van der Waals surface area (Å²) in [4.78, 5) is 56.4. The first kappa shape index (κ1) is 32.1. The number of esters is 1. The monoisotopic (exact) mass is 600 g/mol. The number of aryl methyl sites for hydroxylation is 1. The molecule has 0 spiro atoms. The number of hydrogen-bond acceptors (Lipinski definition) is 7. The summed E-state index contributed by atoms with van der Waals surface area (Å²) in [5, 5.41) is 2.94. The Bertz CT molecular complexity index is 1480. The molecule has 0 radical (unpaired) electrons. The SMILES string of the molecule is CCOC(=O)CN(C(=O)c1ccccc1)c1ccc(NC(=O)c2ccc(N3CCN(C(=O)OC(C)(C)C)CC3)cc2)c(C)c1. The van der Waals surface area contributed by atoms with Gasteiger partial charge in [-0.05, 0) is 94.8 Å². The van der Waals surface area contributed by atoms with Gasteiger partial charge in [0.05, 0.1) is 6.61 Å². The maximum Gasteiger partial charge on any atom is 0.410 e. The van der Waals surface area contributed by atoms with Crippen molar-refractivity contribution >= 4 is 40.9 Å². The highest BCUT2D eigenvalue weighted by Crippen LogP contribution is 2.26. The van der Waals surface area contributed by atoms with E-state index in [0.717, 1.165) is 11.3 Å². The molecule has 0 unspecified atom stereocenters. The Labute approximate surface area is 258 Å². The van der Waals surface area contributed by atoms with Gasteiger partial charge in [0.25, 0.3) is 11.8 Å². The van der Waals surface area contributed by atoms with Gasteiger partial charge in [-0.1, -0.05) is 18.2 Å². The summed E-state index contributed by atoms with van der Waals surface area (Å²) in [5.41, 5.74) is 3.20. The average molecular weight is 601 g/mol. The van der Waals surface area contributed by atoms with Crippen molar-refractivity contribution in [2.75, 3.05) is 54.4 Å². The van der Waals surface area contributed by atoms with E-state index in [0.29, 0.717) is 48.7 Å². The number of amides is 3. The molecule has 1 saturated heterocycles. The number of anilines is 3. The number of nitrogens with one attached hydrogen (secondary N) is 1. The quantitative estimate of drug-likeness (QED) is 0.340. The number of piperazine rings is 1. The lowest BCUT2D eigenvalue weighted by Gasteiger charge is -2.36. The maximum atomic E-state index is 13.3. The first-order valence-electron chi connectivity index (χ1n) is 14.7. The van der Waals surface area contributed by atoms with Crippen LogP contribution in [0.2, 0.25) is 0 Å². The Morgan fingerprint density at radius 1 is 0.864 bits per heavy atom. The third-order valence-electron chi connectivity index (χ3n) is 7.05. The van der Waals surface area contributed by atoms with Gasteiger partial charge in [-0.15, -0.1) is 0 Å². The molecule has 1 heterocycles. The lowest BCUT2D eigenvalue weighted by Crippen LogP contribution is -2.50. The molecule has 10 nitrogen and oxygen atoms in total. The van der Waals surface area contributed by atoms with Gasteiger partial charge in [0.1, 0.15) is 12.1 Å². The van der Waals surface area contributed by atoms with Crippen LogP contribution < -0.4 is 15.1 Å². The molecular weight excluding hydrogens is 560 g/mol. The van der Waals surface area contributed by atoms with E-state index in [4.69, 9.17) is 9.47 Å². The first-order valence-corrected chi connectivity index (χ1v) is 14.7. The first-order chi connectivity index (χ1) is 20.9. The minimum Gasteiger partial charge on any atom is -0.465 e. The molecule has 4 rings (SSSR count). The summed E-state index contributed by atoms with van der Waals surface area (Å²) < 4.78 is 10.6. The van der Waals surface area contributed by atoms with Crippen LogP contribution >= 0.6 is 0 Å². The third-order valence-corrected chi connectivity index (χ3v) is 7.05. The van der Waals surface area contributed by atoms with Crippen molar-refractivity contribution in [1.29, 1.82) is 0 Å². The van der Waals surface area contributed by atoms with Gasteiger partial charge < -0.3 is 24.6 Å². The van der Waals surface area contributed by atoms with Crippen LogP contribution in [0.1, 0.15) is 54.0 Å². The number of ether oxygens (including phenoxy) is 2. The van der Waals surface area contributed by atoms with E-state index < -0.39 is 11.6 Å². The maximum absolute atomic E-state index is 13.3. The van der Waals surface area contributed by atoms with E-state index in [1.807, 2.05) is 45.9 Å². The predicted molar refractivity (Wildman–Crippen MR) is 170 cm³/mol. The highest BCUT2D eigenvalue weighted by Gasteiger charge is 2.26. The molecule has 10 heteroatoms. The van der Waals surface area contributed by atoms with Gasteiger partial charge in [-0.25, -0.2) is 4.79 Å². The molecule has 3 aromatic carbocycles. The molecule has 3 amide bonds. The van der Waals surface area contributed by atoms with Crippen molar-refractivity contribution < 1.29 is 28.7 Å². The van der Waals surface area contributed by atoms with Crippen LogP contribution in [0.15, 0.2) is 72.8 Å². The minimum absolute atomic E-state index is 0.210. The molecule has 1 aliphatic rings. The van der Waals surface area contributed by atoms with Crippen LogP contribution in [0.4, 0.5) is 21.9 Å². The Morgan fingerprint density at radius 3 is 2.11 bits per heavy atom. The largest absolute Gasteiger partial charge is 0.465 e. The third kappa shape index (κ3) is 8.37. The number of carbonyl (C=O) groups is 4. The van der Waals surface area contributed by atoms with Gasteiger partial charge in [0.15, 0.2) is 0 Å². The van der Waals surface area contributed by atoms with Gasteiger partial charge in [-0.2, -0.15) is 0 Å². The van der Waals surface area contributed by atoms with Gasteiger partial charge >= 0.3 is 12.1 Å². The molecule has 232 valence electrons. The van der Waals surface area contributed by atoms with Crippen molar-refractivity contribution in [2.24, 2.45) is 0 Å². The van der Waals surface area contributed by atoms with E-state index in [9.17, 15) is 19.2 Å². The highest BCUT2D eigenvalue weighted by molar-refractivity contribution is 6.09. The van der Waals surface area contributed by atoms with E-state index in [1.165, 1.54) is 4.90 Å². The molecule has 1 fully saturated rings. The number of rotatable bonds is 8. The van der Waals surface area contributed by atoms with E-state index in [1.54, 1.807) is 66.4 Å². The average Bonchev–Trinajstić information content (AvgIpc) is 3.00. The zero-order valence-electron chi connectivity index (χ0n) is 26.0. The van der Waals surface area contributed by atoms with Crippen molar-refractivity contribution in [1.82, 2.24) is 4.90 Å². The smallest absolute Gasteiger partial charge is 0.410 e. The van der Waals surface area contributed by atoms with E-state index in [2.05, 4.69) is 10.2 Å². The van der Waals surface area contributed by atoms with Crippen LogP contribution in [-0.4, -0.2) is 73.7 Å². The minimum atomic E-state index is -0.531. The van der Waals surface area contributed by atoms with Crippen LogP contribution in [0.3, 0.4) is 0 Å². The second-order valence-corrected chi connectivity index (χ2v) is 11.5. The zero-order chi connectivity index (χ0) is 31.9. The number of hydrogen-bond donors (Lipinski definition) is 1. The fraction of sp³-hybridized carbons (Fsp3) is 0.353. The Hall–Kier alpha value is -4.86. The number of carbonyl (C=O) groups excluding carboxylic acids is 4. The van der Waals surface area contributed by atoms with Gasteiger partial charge in [0.2, 0.25) is 0 Å². The summed E-state index contributed by atoms with van der Waals surface area (Å²) in [6.07, 6.45) is -0.304. The Morgan fingerprint density at radius 2 is 1.52 bits per heavy atom. The molecule has 44 heavy (non-hydrogen) atoms. The number of benzene rings is 3. The van der Waals surface area contributed by atoms with E-state index >= 15 is 0 Å². The molecular formula is C34H40N4O6. The number of nitrogens with zero attached hydrogens (tertiary/aromatic N) is 3. The lowest BCUT2D eigenvalue weighted by molar-refractivity contribution is -0.141. The van der Waals surface area contributed by atoms with Crippen LogP contribution in [0.5, 0.6) is 0 Å². The summed E-state index contributed by atoms with van der Waals surface area (Å²) in [5.74, 6) is -1.12. The van der Waals surface area contributed by atoms with Crippen molar-refractivity contribution in [3.05, 3.63) is 89.5 Å². The van der Waals surface area contributed by atoms with Crippen LogP contribution in [0, 0.1) is 6.92 Å². The topological polar surface area (TPSA) is 108 Å². The zero-order valence-corrected chi connectivity index (χ0v) is 26.0. The lowest BCUT2D eigenvalue weighted by atomic mass is 10.1. The Kier molecular flexibility index (Phi) is 10.3. The molecule has 0 aromatic heterocycles. The van der Waals surface area contributed by atoms with Gasteiger partial charge in [-0.3, -0.25) is 19.3 Å². The molecule has 0 bridgehead atoms. The predicted octanol–water partition coefficient (Wildman–Crippen LogP) is 5.51. The van der Waals surface area contributed by atoms with Crippen LogP contribution in [0.25, 0.3) is 0 Å². The fourth-order valence-corrected chi connectivity index (χ4v) is 4.80. The standard InChI is InChI=1S/C34H40N4O6/c1-6-43-30(39)23-38(32(41)26-10-8-7-9-11-26)28-16-17-29(24(2)22-28)35-31(40)25-12-14-27(15-13-25)36-18-20-37(21-19-36)33(42)44-34(3,4)5/h7-17,22H,6,18-21,23H2,1-5H3,(H,35,40). The molecule has 0 aliphatic carbocycles. The normalized spacial score (nSPS) is 13.2. The molecule has 1 aliphatic heterocycles. The molecule has 0 atom stereocenters. The van der Waals surface area contributed by atoms with Crippen molar-refractivity contribution in [3.8, 4) is 0 Å². The summed E-state index contributed by atoms with van der Waals surface area (Å²) in [6, 6.07) is 21.2. The van der Waals surface area contributed by atoms with Gasteiger partial charge in [0, 0.05) is 54.4 Å². The summed E-state index contributed by atoms with van der Waals surface area (Å²) in [7, 11) is 0. The summed E-state index contributed by atoms with van der Waals surface area (Å²) >= 11 is 0. The van der Waals surface area contributed by atoms with E-state index in [-0.39, 0.29) is 31.1 Å². The second-order valence-electron chi connectivity index (χ2n) is 11.5. The summed E-state index contributed by atoms with van der Waals surface area (Å²) in [6.45, 7) is 11.5. The molecule has 1 N–H and O–H groups in total. The fourth-order valence-electron chi connectivity index (χ4n) is 4.80.